The van der Waals surface area contributed by atoms with Crippen LogP contribution in [0.5, 0.6) is 0 Å². The van der Waals surface area contributed by atoms with E-state index in [0.717, 1.165) is 16.7 Å². The first-order valence-electron chi connectivity index (χ1n) is 16.9. The van der Waals surface area contributed by atoms with Gasteiger partial charge in [0.25, 0.3) is 0 Å². The Labute approximate surface area is 283 Å². The van der Waals surface area contributed by atoms with Gasteiger partial charge in [-0.25, -0.2) is 4.79 Å². The molecule has 8 heteroatoms. The van der Waals surface area contributed by atoms with E-state index in [-0.39, 0.29) is 30.2 Å². The summed E-state index contributed by atoms with van der Waals surface area (Å²) in [4.78, 5) is 12.7. The molecule has 0 radical (unpaired) electrons. The normalized spacial score (nSPS) is 30.4. The standard InChI is InChI=1S/C40H46O8/c1-40-37(45-27-31-19-11-5-12-20-31)24-35-32(21-13-6-14-22-33(46-35)39(41)42-2)47-38(40)23-34(44-26-30-17-9-4-10-18-30)36(48-40)28-43-25-29-15-7-3-8-16-29/h3-13,15-20,22,32,34-38H,14,21,23-28H2,1-2H3/b13-6-,33-22-/t32-,34-,35+,36+,37+,38+,40-/m0/s1. The lowest BCUT2D eigenvalue weighted by Crippen LogP contribution is -2.62. The van der Waals surface area contributed by atoms with Crippen molar-refractivity contribution in [3.05, 3.63) is 132 Å². The smallest absolute Gasteiger partial charge is 0.372 e. The summed E-state index contributed by atoms with van der Waals surface area (Å²) in [5, 5.41) is 0. The Balaban J connectivity index is 1.29. The number of allylic oxidation sites excluding steroid dienone is 2. The van der Waals surface area contributed by atoms with E-state index in [2.05, 4.69) is 37.3 Å². The number of methoxy groups -OCH3 is 1. The fraction of sp³-hybridized carbons (Fsp3) is 0.425. The van der Waals surface area contributed by atoms with Crippen molar-refractivity contribution in [2.24, 2.45) is 0 Å². The largest absolute Gasteiger partial charge is 0.481 e. The van der Waals surface area contributed by atoms with Crippen molar-refractivity contribution in [1.82, 2.24) is 0 Å². The summed E-state index contributed by atoms with van der Waals surface area (Å²) in [6.07, 6.45) is 5.71. The predicted octanol–water partition coefficient (Wildman–Crippen LogP) is 6.87. The third kappa shape index (κ3) is 8.62. The highest BCUT2D eigenvalue weighted by atomic mass is 16.6. The van der Waals surface area contributed by atoms with Crippen LogP contribution in [0.15, 0.2) is 115 Å². The molecule has 3 aromatic rings. The molecule has 254 valence electrons. The molecule has 0 bridgehead atoms. The second-order valence-corrected chi connectivity index (χ2v) is 12.8. The van der Waals surface area contributed by atoms with E-state index < -0.39 is 23.8 Å². The van der Waals surface area contributed by atoms with E-state index in [4.69, 9.17) is 33.2 Å². The molecule has 48 heavy (non-hydrogen) atoms. The third-order valence-corrected chi connectivity index (χ3v) is 9.38. The van der Waals surface area contributed by atoms with Crippen molar-refractivity contribution in [2.45, 2.75) is 94.7 Å². The number of ether oxygens (including phenoxy) is 7. The lowest BCUT2D eigenvalue weighted by atomic mass is 9.82. The van der Waals surface area contributed by atoms with Crippen LogP contribution in [0, 0.1) is 0 Å². The van der Waals surface area contributed by atoms with Crippen LogP contribution in [-0.2, 0) is 57.8 Å². The minimum Gasteiger partial charge on any atom is -0.481 e. The summed E-state index contributed by atoms with van der Waals surface area (Å²) in [6, 6.07) is 30.3. The summed E-state index contributed by atoms with van der Waals surface area (Å²) in [5.74, 6) is -0.336. The quantitative estimate of drug-likeness (QED) is 0.164. The Kier molecular flexibility index (Phi) is 11.8. The Bertz CT molecular complexity index is 1490. The van der Waals surface area contributed by atoms with Crippen LogP contribution in [0.1, 0.15) is 49.3 Å². The number of rotatable bonds is 11. The maximum atomic E-state index is 12.7. The minimum atomic E-state index is -0.874. The van der Waals surface area contributed by atoms with Gasteiger partial charge in [0.2, 0.25) is 5.76 Å². The van der Waals surface area contributed by atoms with E-state index in [9.17, 15) is 4.79 Å². The molecule has 3 heterocycles. The SMILES string of the molecule is COC(=O)/C1=C/C/C=C\C[C@@H]2O[C@@H]3C[C@H](OCc4ccccc4)[C@@H](COCc4ccccc4)O[C@@]3(C)[C@H](OCc3ccccc3)C[C@H]2O1. The van der Waals surface area contributed by atoms with Crippen LogP contribution >= 0.6 is 0 Å². The minimum absolute atomic E-state index is 0.177. The van der Waals surface area contributed by atoms with Gasteiger partial charge in [0.05, 0.1) is 58.0 Å². The second kappa shape index (κ2) is 16.5. The van der Waals surface area contributed by atoms with Gasteiger partial charge in [0.1, 0.15) is 17.8 Å². The number of benzene rings is 3. The van der Waals surface area contributed by atoms with Crippen LogP contribution in [-0.4, -0.2) is 61.9 Å². The van der Waals surface area contributed by atoms with Crippen molar-refractivity contribution < 1.29 is 38.0 Å². The molecule has 0 amide bonds. The maximum Gasteiger partial charge on any atom is 0.372 e. The number of esters is 1. The first-order chi connectivity index (χ1) is 23.5. The molecule has 2 saturated heterocycles. The Morgan fingerprint density at radius 3 is 2.06 bits per heavy atom. The summed E-state index contributed by atoms with van der Waals surface area (Å²) in [7, 11) is 1.36. The lowest BCUT2D eigenvalue weighted by Gasteiger charge is -2.50. The first-order valence-corrected chi connectivity index (χ1v) is 16.9. The van der Waals surface area contributed by atoms with E-state index >= 15 is 0 Å². The van der Waals surface area contributed by atoms with Crippen LogP contribution in [0.2, 0.25) is 0 Å². The van der Waals surface area contributed by atoms with E-state index in [1.54, 1.807) is 6.08 Å². The molecule has 8 nitrogen and oxygen atoms in total. The molecular formula is C40H46O8. The number of hydrogen-bond acceptors (Lipinski definition) is 8. The monoisotopic (exact) mass is 654 g/mol. The van der Waals surface area contributed by atoms with Crippen LogP contribution in [0.4, 0.5) is 0 Å². The predicted molar refractivity (Wildman–Crippen MR) is 181 cm³/mol. The molecule has 3 aromatic carbocycles. The Morgan fingerprint density at radius 2 is 1.42 bits per heavy atom. The summed E-state index contributed by atoms with van der Waals surface area (Å²) < 4.78 is 45.2. The molecule has 0 unspecified atom stereocenters. The fourth-order valence-electron chi connectivity index (χ4n) is 6.69. The van der Waals surface area contributed by atoms with E-state index in [1.165, 1.54) is 7.11 Å². The highest BCUT2D eigenvalue weighted by Gasteiger charge is 2.56. The molecule has 6 rings (SSSR count). The van der Waals surface area contributed by atoms with Gasteiger partial charge in [-0.05, 0) is 42.5 Å². The Hall–Kier alpha value is -3.79. The van der Waals surface area contributed by atoms with E-state index in [1.807, 2.05) is 72.8 Å². The van der Waals surface area contributed by atoms with Gasteiger partial charge in [0, 0.05) is 12.8 Å². The van der Waals surface area contributed by atoms with Crippen LogP contribution < -0.4 is 0 Å². The molecular weight excluding hydrogens is 608 g/mol. The average molecular weight is 655 g/mol. The zero-order valence-corrected chi connectivity index (χ0v) is 27.8. The number of hydrogen-bond donors (Lipinski definition) is 0. The van der Waals surface area contributed by atoms with Crippen molar-refractivity contribution in [2.75, 3.05) is 13.7 Å². The second-order valence-electron chi connectivity index (χ2n) is 12.8. The topological polar surface area (TPSA) is 81.7 Å². The van der Waals surface area contributed by atoms with Crippen molar-refractivity contribution in [3.63, 3.8) is 0 Å². The number of carbonyl (C=O) groups excluding carboxylic acids is 1. The maximum absolute atomic E-state index is 12.7. The van der Waals surface area contributed by atoms with E-state index in [0.29, 0.717) is 52.1 Å². The van der Waals surface area contributed by atoms with Gasteiger partial charge in [0.15, 0.2) is 0 Å². The summed E-state index contributed by atoms with van der Waals surface area (Å²) in [5.41, 5.74) is 2.35. The highest BCUT2D eigenvalue weighted by molar-refractivity contribution is 5.86. The van der Waals surface area contributed by atoms with Crippen molar-refractivity contribution >= 4 is 5.97 Å². The number of carbonyl (C=O) groups is 1. The van der Waals surface area contributed by atoms with Gasteiger partial charge >= 0.3 is 5.97 Å². The van der Waals surface area contributed by atoms with Gasteiger partial charge in [-0.2, -0.15) is 0 Å². The molecule has 0 spiro atoms. The molecule has 0 saturated carbocycles. The van der Waals surface area contributed by atoms with Gasteiger partial charge in [-0.15, -0.1) is 0 Å². The molecule has 3 aliphatic rings. The third-order valence-electron chi connectivity index (χ3n) is 9.38. The van der Waals surface area contributed by atoms with Crippen molar-refractivity contribution in [1.29, 1.82) is 0 Å². The van der Waals surface area contributed by atoms with Crippen LogP contribution in [0.25, 0.3) is 0 Å². The fourth-order valence-corrected chi connectivity index (χ4v) is 6.69. The average Bonchev–Trinajstić information content (AvgIpc) is 3.16. The number of fused-ring (bicyclic) bond motifs is 2. The first kappa shape index (κ1) is 34.1. The molecule has 3 aliphatic heterocycles. The molecule has 2 fully saturated rings. The Morgan fingerprint density at radius 1 is 0.792 bits per heavy atom. The van der Waals surface area contributed by atoms with Gasteiger partial charge < -0.3 is 33.2 Å². The van der Waals surface area contributed by atoms with Crippen molar-refractivity contribution in [3.8, 4) is 0 Å². The molecule has 0 aromatic heterocycles. The lowest BCUT2D eigenvalue weighted by molar-refractivity contribution is -0.283. The molecule has 0 N–H and O–H groups in total. The zero-order chi connectivity index (χ0) is 33.2. The highest BCUT2D eigenvalue weighted by Crippen LogP contribution is 2.43. The summed E-state index contributed by atoms with van der Waals surface area (Å²) >= 11 is 0. The zero-order valence-electron chi connectivity index (χ0n) is 27.8. The molecule has 7 atom stereocenters. The molecule has 0 aliphatic carbocycles. The van der Waals surface area contributed by atoms with Gasteiger partial charge in [-0.1, -0.05) is 103 Å². The van der Waals surface area contributed by atoms with Crippen LogP contribution in [0.3, 0.4) is 0 Å². The van der Waals surface area contributed by atoms with Gasteiger partial charge in [-0.3, -0.25) is 0 Å². The summed E-state index contributed by atoms with van der Waals surface area (Å²) in [6.45, 7) is 3.69.